The van der Waals surface area contributed by atoms with E-state index in [9.17, 15) is 8.22 Å². The summed E-state index contributed by atoms with van der Waals surface area (Å²) in [4.78, 5) is 0. The van der Waals surface area contributed by atoms with E-state index in [1.165, 1.54) is 0 Å². The lowest BCUT2D eigenvalue weighted by Gasteiger charge is -2.18. The van der Waals surface area contributed by atoms with Gasteiger partial charge in [-0.3, -0.25) is 0 Å². The third-order valence-corrected chi connectivity index (χ3v) is 7.65. The van der Waals surface area contributed by atoms with Crippen LogP contribution < -0.4 is 0 Å². The molecule has 0 radical (unpaired) electrons. The van der Waals surface area contributed by atoms with Gasteiger partial charge in [-0.1, -0.05) is 133 Å². The van der Waals surface area contributed by atoms with Crippen molar-refractivity contribution >= 4 is 54.3 Å². The van der Waals surface area contributed by atoms with Gasteiger partial charge >= 0.3 is 0 Å². The number of furan rings is 1. The summed E-state index contributed by atoms with van der Waals surface area (Å²) >= 11 is 0. The zero-order valence-corrected chi connectivity index (χ0v) is 22.1. The van der Waals surface area contributed by atoms with Crippen molar-refractivity contribution in [3.63, 3.8) is 0 Å². The van der Waals surface area contributed by atoms with Crippen LogP contribution in [0.3, 0.4) is 0 Å². The van der Waals surface area contributed by atoms with Crippen molar-refractivity contribution in [3.05, 3.63) is 157 Å². The van der Waals surface area contributed by atoms with Gasteiger partial charge in [-0.25, -0.2) is 0 Å². The van der Waals surface area contributed by atoms with Crippen molar-refractivity contribution in [2.45, 2.75) is 0 Å². The summed E-state index contributed by atoms with van der Waals surface area (Å²) in [6, 6.07) is 3.39. The Labute approximate surface area is 273 Å². The Kier molecular flexibility index (Phi) is 2.79. The van der Waals surface area contributed by atoms with Crippen LogP contribution in [-0.4, -0.2) is 0 Å². The highest BCUT2D eigenvalue weighted by Crippen LogP contribution is 2.45. The maximum Gasteiger partial charge on any atom is 0.136 e. The Hall–Kier alpha value is -5.66. The van der Waals surface area contributed by atoms with E-state index >= 15 is 0 Å². The van der Waals surface area contributed by atoms with Gasteiger partial charge in [0.05, 0.1) is 23.3 Å². The van der Waals surface area contributed by atoms with Gasteiger partial charge in [0.15, 0.2) is 0 Å². The summed E-state index contributed by atoms with van der Waals surface area (Å²) in [6.07, 6.45) is 0. The summed E-state index contributed by atoms with van der Waals surface area (Å²) in [5, 5.41) is 1.87. The molecule has 0 unspecified atom stereocenters. The normalized spacial score (nSPS) is 17.3. The molecule has 0 fully saturated rings. The fourth-order valence-corrected chi connectivity index (χ4v) is 5.84. The summed E-state index contributed by atoms with van der Waals surface area (Å²) in [5.41, 5.74) is -1.08. The first-order valence-corrected chi connectivity index (χ1v) is 13.4. The monoisotopic (exact) mass is 563 g/mol. The van der Waals surface area contributed by atoms with Crippen LogP contribution in [0.1, 0.15) is 23.3 Å². The van der Waals surface area contributed by atoms with Gasteiger partial charge in [0.2, 0.25) is 0 Å². The lowest BCUT2D eigenvalue weighted by molar-refractivity contribution is 0.669. The van der Waals surface area contributed by atoms with Gasteiger partial charge in [-0.15, -0.1) is 0 Å². The Morgan fingerprint density at radius 2 is 1.02 bits per heavy atom. The standard InChI is InChI=1S/C42H26O/c1-2-11-27(12-3-1)29-14-10-15-30(25-29)40-33-17-6-8-19-35(33)41(36-20-9-7-18-34(36)40)31-22-23-38-37(26-31)42-32-16-5-4-13-28(32)21-24-39(42)43-38/h1-26H/i1D,2D,3D,6D,7D,8D,9D,10D,11D,12D,14D,15D,17D,18D,19D,20D,25D. The van der Waals surface area contributed by atoms with Crippen LogP contribution >= 0.6 is 0 Å². The lowest BCUT2D eigenvalue weighted by Crippen LogP contribution is -1.91. The number of hydrogen-bond donors (Lipinski definition) is 0. The van der Waals surface area contributed by atoms with Gasteiger partial charge in [-0.2, -0.15) is 0 Å². The SMILES string of the molecule is [2H]c1c([2H])c([2H])c(-c2c([2H])c([2H])c([2H])c(-c3c4c([2H])c([2H])c([2H])c([2H])c4c(-c4ccc5oc6ccc7ccccc7c6c5c4)c4c([2H])c([2H])c([2H])c([2H])c34)c2[2H])c([2H])c1[2H]. The number of hydrogen-bond acceptors (Lipinski definition) is 1. The van der Waals surface area contributed by atoms with E-state index in [0.29, 0.717) is 16.6 Å². The van der Waals surface area contributed by atoms with Crippen LogP contribution in [0, 0.1) is 0 Å². The maximum atomic E-state index is 9.56. The quantitative estimate of drug-likeness (QED) is 0.195. The second-order valence-electron chi connectivity index (χ2n) is 9.97. The van der Waals surface area contributed by atoms with Crippen LogP contribution in [-0.2, 0) is 0 Å². The zero-order chi connectivity index (χ0) is 43.1. The first kappa shape index (κ1) is 12.7. The van der Waals surface area contributed by atoms with E-state index in [1.807, 2.05) is 36.4 Å². The molecule has 0 spiro atoms. The fraction of sp³-hybridized carbons (Fsp3) is 0. The molecule has 0 atom stereocenters. The van der Waals surface area contributed by atoms with E-state index in [1.54, 1.807) is 18.2 Å². The third kappa shape index (κ3) is 3.72. The molecule has 1 nitrogen and oxygen atoms in total. The molecule has 0 bridgehead atoms. The smallest absolute Gasteiger partial charge is 0.136 e. The molecule has 0 amide bonds. The molecular weight excluding hydrogens is 520 g/mol. The second-order valence-corrected chi connectivity index (χ2v) is 9.97. The molecule has 200 valence electrons. The lowest BCUT2D eigenvalue weighted by atomic mass is 9.85. The van der Waals surface area contributed by atoms with Crippen LogP contribution in [0.25, 0.3) is 87.6 Å². The molecule has 0 saturated heterocycles. The molecule has 0 aliphatic heterocycles. The van der Waals surface area contributed by atoms with Crippen molar-refractivity contribution in [2.24, 2.45) is 0 Å². The van der Waals surface area contributed by atoms with E-state index in [0.717, 1.165) is 16.2 Å². The summed E-state index contributed by atoms with van der Waals surface area (Å²) in [7, 11) is 0. The number of benzene rings is 8. The molecule has 1 aromatic heterocycles. The fourth-order valence-electron chi connectivity index (χ4n) is 5.84. The maximum absolute atomic E-state index is 9.56. The van der Waals surface area contributed by atoms with Crippen LogP contribution in [0.4, 0.5) is 0 Å². The topological polar surface area (TPSA) is 13.1 Å². The van der Waals surface area contributed by atoms with Gasteiger partial charge < -0.3 is 4.42 Å². The Morgan fingerprint density at radius 1 is 0.419 bits per heavy atom. The molecule has 1 heteroatoms. The van der Waals surface area contributed by atoms with Gasteiger partial charge in [0.25, 0.3) is 0 Å². The van der Waals surface area contributed by atoms with E-state index in [2.05, 4.69) is 0 Å². The summed E-state index contributed by atoms with van der Waals surface area (Å²) in [6.45, 7) is 0. The van der Waals surface area contributed by atoms with Crippen molar-refractivity contribution in [2.75, 3.05) is 0 Å². The average molecular weight is 564 g/mol. The van der Waals surface area contributed by atoms with Crippen molar-refractivity contribution in [1.29, 1.82) is 0 Å². The molecule has 1 heterocycles. The highest BCUT2D eigenvalue weighted by Gasteiger charge is 2.18. The highest BCUT2D eigenvalue weighted by atomic mass is 16.3. The van der Waals surface area contributed by atoms with E-state index in [-0.39, 0.29) is 32.7 Å². The molecule has 0 aliphatic rings. The second kappa shape index (κ2) is 9.44. The average Bonchev–Trinajstić information content (AvgIpc) is 3.63. The first-order valence-electron chi connectivity index (χ1n) is 21.9. The van der Waals surface area contributed by atoms with Gasteiger partial charge in [0.1, 0.15) is 11.2 Å². The minimum Gasteiger partial charge on any atom is -0.456 e. The molecule has 43 heavy (non-hydrogen) atoms. The molecule has 0 N–H and O–H groups in total. The summed E-state index contributed by atoms with van der Waals surface area (Å²) in [5.74, 6) is 0. The van der Waals surface area contributed by atoms with Crippen LogP contribution in [0.2, 0.25) is 0 Å². The van der Waals surface area contributed by atoms with Crippen molar-refractivity contribution < 1.29 is 27.7 Å². The molecule has 0 saturated carbocycles. The molecule has 9 rings (SSSR count). The molecular formula is C42H26O. The minimum atomic E-state index is -0.876. The van der Waals surface area contributed by atoms with Crippen LogP contribution in [0.5, 0.6) is 0 Å². The minimum absolute atomic E-state index is 0.0219. The zero-order valence-electron chi connectivity index (χ0n) is 39.1. The Bertz CT molecular complexity index is 3350. The molecule has 0 aliphatic carbocycles. The molecule has 8 aromatic carbocycles. The summed E-state index contributed by atoms with van der Waals surface area (Å²) < 4.78 is 157. The Morgan fingerprint density at radius 3 is 1.77 bits per heavy atom. The van der Waals surface area contributed by atoms with E-state index in [4.69, 9.17) is 19.5 Å². The van der Waals surface area contributed by atoms with Crippen molar-refractivity contribution in [1.82, 2.24) is 0 Å². The first-order chi connectivity index (χ1) is 28.4. The Balaban J connectivity index is 1.55. The van der Waals surface area contributed by atoms with Crippen LogP contribution in [0.15, 0.2) is 162 Å². The number of fused-ring (bicyclic) bond motifs is 7. The number of rotatable bonds is 3. The molecule has 9 aromatic rings. The predicted octanol–water partition coefficient (Wildman–Crippen LogP) is 12.0. The predicted molar refractivity (Wildman–Crippen MR) is 183 cm³/mol. The van der Waals surface area contributed by atoms with Gasteiger partial charge in [0, 0.05) is 10.8 Å². The largest absolute Gasteiger partial charge is 0.456 e. The van der Waals surface area contributed by atoms with Gasteiger partial charge in [-0.05, 0) is 89.9 Å². The van der Waals surface area contributed by atoms with E-state index < -0.39 is 125 Å². The third-order valence-electron chi connectivity index (χ3n) is 7.65. The van der Waals surface area contributed by atoms with Crippen molar-refractivity contribution in [3.8, 4) is 33.4 Å². The highest BCUT2D eigenvalue weighted by molar-refractivity contribution is 6.23.